The van der Waals surface area contributed by atoms with Crippen LogP contribution in [0.3, 0.4) is 0 Å². The molecule has 0 radical (unpaired) electrons. The van der Waals surface area contributed by atoms with Crippen LogP contribution in [0.5, 0.6) is 0 Å². The average molecular weight is 404 g/mol. The van der Waals surface area contributed by atoms with Gasteiger partial charge >= 0.3 is 0 Å². The van der Waals surface area contributed by atoms with Crippen LogP contribution in [0.15, 0.2) is 24.3 Å². The molecule has 0 unspecified atom stereocenters. The normalized spacial score (nSPS) is 10.6. The first-order chi connectivity index (χ1) is 9.79. The maximum atomic E-state index is 12.2. The fourth-order valence-corrected chi connectivity index (χ4v) is 2.73. The molecule has 0 fully saturated rings. The lowest BCUT2D eigenvalue weighted by atomic mass is 10.2. The van der Waals surface area contributed by atoms with Crippen molar-refractivity contribution >= 4 is 81.2 Å². The Balaban J connectivity index is 2.35. The second-order valence-corrected chi connectivity index (χ2v) is 6.39. The standard InChI is InChI=1S/C13H5Cl6NO/c14-6-2-8(16)7(15)1-5(6)13(21)20-12-4-10(18)9(17)3-11(12)19/h1-4H,(H,20,21). The minimum Gasteiger partial charge on any atom is -0.321 e. The van der Waals surface area contributed by atoms with Crippen molar-refractivity contribution in [1.29, 1.82) is 0 Å². The lowest BCUT2D eigenvalue weighted by Gasteiger charge is -2.10. The van der Waals surface area contributed by atoms with E-state index in [1.807, 2.05) is 0 Å². The van der Waals surface area contributed by atoms with E-state index in [0.29, 0.717) is 5.69 Å². The zero-order valence-electron chi connectivity index (χ0n) is 9.99. The van der Waals surface area contributed by atoms with Gasteiger partial charge in [0.05, 0.1) is 41.4 Å². The number of hydrogen-bond donors (Lipinski definition) is 1. The first kappa shape index (κ1) is 17.0. The molecule has 0 heterocycles. The van der Waals surface area contributed by atoms with Crippen molar-refractivity contribution in [1.82, 2.24) is 0 Å². The van der Waals surface area contributed by atoms with Gasteiger partial charge in [-0.3, -0.25) is 4.79 Å². The van der Waals surface area contributed by atoms with Crippen molar-refractivity contribution < 1.29 is 4.79 Å². The lowest BCUT2D eigenvalue weighted by Crippen LogP contribution is -2.13. The highest BCUT2D eigenvalue weighted by atomic mass is 35.5. The summed E-state index contributed by atoms with van der Waals surface area (Å²) in [5.41, 5.74) is 0.464. The van der Waals surface area contributed by atoms with Gasteiger partial charge in [0.25, 0.3) is 5.91 Å². The summed E-state index contributed by atoms with van der Waals surface area (Å²) >= 11 is 35.4. The topological polar surface area (TPSA) is 29.1 Å². The van der Waals surface area contributed by atoms with Crippen LogP contribution in [0, 0.1) is 0 Å². The maximum absolute atomic E-state index is 12.2. The molecule has 110 valence electrons. The molecule has 2 rings (SSSR count). The van der Waals surface area contributed by atoms with Gasteiger partial charge in [0.15, 0.2) is 0 Å². The summed E-state index contributed by atoms with van der Waals surface area (Å²) in [5.74, 6) is -0.501. The number of hydrogen-bond acceptors (Lipinski definition) is 1. The van der Waals surface area contributed by atoms with Gasteiger partial charge in [-0.25, -0.2) is 0 Å². The molecule has 0 saturated heterocycles. The van der Waals surface area contributed by atoms with Crippen LogP contribution < -0.4 is 5.32 Å². The molecule has 1 N–H and O–H groups in total. The average Bonchev–Trinajstić information content (AvgIpc) is 2.40. The van der Waals surface area contributed by atoms with Gasteiger partial charge in [0.2, 0.25) is 0 Å². The van der Waals surface area contributed by atoms with Crippen molar-refractivity contribution in [2.24, 2.45) is 0 Å². The number of carbonyl (C=O) groups excluding carboxylic acids is 1. The summed E-state index contributed by atoms with van der Waals surface area (Å²) in [6.45, 7) is 0. The van der Waals surface area contributed by atoms with Gasteiger partial charge in [-0.2, -0.15) is 0 Å². The third-order valence-corrected chi connectivity index (χ3v) is 4.58. The first-order valence-corrected chi connectivity index (χ1v) is 7.67. The quantitative estimate of drug-likeness (QED) is 0.545. The first-order valence-electron chi connectivity index (χ1n) is 5.40. The van der Waals surface area contributed by atoms with Crippen molar-refractivity contribution in [3.63, 3.8) is 0 Å². The Kier molecular flexibility index (Phi) is 5.53. The van der Waals surface area contributed by atoms with Crippen LogP contribution in [-0.2, 0) is 0 Å². The van der Waals surface area contributed by atoms with Gasteiger partial charge in [0, 0.05) is 0 Å². The molecule has 0 bridgehead atoms. The van der Waals surface area contributed by atoms with Gasteiger partial charge < -0.3 is 5.32 Å². The third kappa shape index (κ3) is 3.89. The molecule has 2 nitrogen and oxygen atoms in total. The van der Waals surface area contributed by atoms with E-state index in [0.717, 1.165) is 0 Å². The summed E-state index contributed by atoms with van der Waals surface area (Å²) in [6.07, 6.45) is 0. The van der Waals surface area contributed by atoms with E-state index in [2.05, 4.69) is 5.32 Å². The van der Waals surface area contributed by atoms with Crippen LogP contribution in [0.4, 0.5) is 5.69 Å². The largest absolute Gasteiger partial charge is 0.321 e. The molecule has 0 saturated carbocycles. The number of halogens is 6. The fraction of sp³-hybridized carbons (Fsp3) is 0. The second-order valence-electron chi connectivity index (χ2n) is 3.95. The number of nitrogens with one attached hydrogen (secondary N) is 1. The van der Waals surface area contributed by atoms with Crippen LogP contribution in [-0.4, -0.2) is 5.91 Å². The van der Waals surface area contributed by atoms with Crippen molar-refractivity contribution in [3.8, 4) is 0 Å². The zero-order valence-corrected chi connectivity index (χ0v) is 14.5. The number of carbonyl (C=O) groups is 1. The fourth-order valence-electron chi connectivity index (χ4n) is 1.50. The molecular weight excluding hydrogens is 399 g/mol. The highest BCUT2D eigenvalue weighted by Gasteiger charge is 2.15. The summed E-state index contributed by atoms with van der Waals surface area (Å²) in [5, 5.41) is 4.01. The maximum Gasteiger partial charge on any atom is 0.257 e. The minimum absolute atomic E-state index is 0.160. The van der Waals surface area contributed by atoms with Crippen LogP contribution in [0.2, 0.25) is 30.1 Å². The predicted octanol–water partition coefficient (Wildman–Crippen LogP) is 6.86. The highest BCUT2D eigenvalue weighted by Crippen LogP contribution is 2.34. The monoisotopic (exact) mass is 401 g/mol. The molecule has 0 aromatic heterocycles. The Labute approximate surface area is 150 Å². The van der Waals surface area contributed by atoms with E-state index >= 15 is 0 Å². The van der Waals surface area contributed by atoms with E-state index in [1.54, 1.807) is 0 Å². The molecule has 0 aliphatic heterocycles. The number of benzene rings is 2. The van der Waals surface area contributed by atoms with E-state index in [1.165, 1.54) is 24.3 Å². The zero-order chi connectivity index (χ0) is 15.7. The van der Waals surface area contributed by atoms with Crippen molar-refractivity contribution in [3.05, 3.63) is 60.0 Å². The van der Waals surface area contributed by atoms with Crippen LogP contribution in [0.1, 0.15) is 10.4 Å². The second kappa shape index (κ2) is 6.82. The summed E-state index contributed by atoms with van der Waals surface area (Å²) in [4.78, 5) is 12.2. The number of rotatable bonds is 2. The summed E-state index contributed by atoms with van der Waals surface area (Å²) in [6, 6.07) is 5.62. The molecule has 0 atom stereocenters. The Morgan fingerprint density at radius 3 is 1.76 bits per heavy atom. The van der Waals surface area contributed by atoms with E-state index < -0.39 is 5.91 Å². The van der Waals surface area contributed by atoms with Gasteiger partial charge in [0.1, 0.15) is 0 Å². The van der Waals surface area contributed by atoms with E-state index in [-0.39, 0.29) is 35.7 Å². The SMILES string of the molecule is O=C(Nc1cc(Cl)c(Cl)cc1Cl)c1cc(Cl)c(Cl)cc1Cl. The molecule has 1 amide bonds. The molecule has 0 aliphatic carbocycles. The van der Waals surface area contributed by atoms with Gasteiger partial charge in [-0.1, -0.05) is 69.6 Å². The lowest BCUT2D eigenvalue weighted by molar-refractivity contribution is 0.102. The molecule has 21 heavy (non-hydrogen) atoms. The van der Waals surface area contributed by atoms with Crippen LogP contribution in [0.25, 0.3) is 0 Å². The summed E-state index contributed by atoms with van der Waals surface area (Å²) < 4.78 is 0. The Morgan fingerprint density at radius 1 is 0.667 bits per heavy atom. The Bertz CT molecular complexity index is 731. The van der Waals surface area contributed by atoms with Gasteiger partial charge in [-0.05, 0) is 24.3 Å². The van der Waals surface area contributed by atoms with Crippen molar-refractivity contribution in [2.75, 3.05) is 5.32 Å². The third-order valence-electron chi connectivity index (χ3n) is 2.51. The predicted molar refractivity (Wildman–Crippen MR) is 90.9 cm³/mol. The van der Waals surface area contributed by atoms with E-state index in [4.69, 9.17) is 69.6 Å². The Hall–Kier alpha value is -0.350. The smallest absolute Gasteiger partial charge is 0.257 e. The number of anilines is 1. The molecular formula is C13H5Cl6NO. The van der Waals surface area contributed by atoms with E-state index in [9.17, 15) is 4.79 Å². The molecule has 0 aliphatic rings. The number of amides is 1. The molecule has 8 heteroatoms. The molecule has 2 aromatic rings. The minimum atomic E-state index is -0.501. The molecule has 2 aromatic carbocycles. The highest BCUT2D eigenvalue weighted by molar-refractivity contribution is 6.45. The summed E-state index contributed by atoms with van der Waals surface area (Å²) in [7, 11) is 0. The molecule has 0 spiro atoms. The van der Waals surface area contributed by atoms with Crippen LogP contribution >= 0.6 is 69.6 Å². The van der Waals surface area contributed by atoms with Gasteiger partial charge in [-0.15, -0.1) is 0 Å². The Morgan fingerprint density at radius 2 is 1.14 bits per heavy atom. The van der Waals surface area contributed by atoms with Crippen molar-refractivity contribution in [2.45, 2.75) is 0 Å².